The first-order chi connectivity index (χ1) is 10.5. The van der Waals surface area contributed by atoms with E-state index in [1.165, 1.54) is 11.8 Å². The zero-order valence-corrected chi connectivity index (χ0v) is 13.7. The van der Waals surface area contributed by atoms with Gasteiger partial charge in [-0.3, -0.25) is 4.79 Å². The van der Waals surface area contributed by atoms with Gasteiger partial charge < -0.3 is 14.9 Å². The topological polar surface area (TPSA) is 75.4 Å². The highest BCUT2D eigenvalue weighted by molar-refractivity contribution is 7.99. The lowest BCUT2D eigenvalue weighted by Gasteiger charge is -2.20. The molecule has 0 saturated heterocycles. The number of carbonyl (C=O) groups excluding carboxylic acids is 1. The molecule has 2 N–H and O–H groups in total. The molecular weight excluding hydrogens is 300 g/mol. The molecule has 0 fully saturated rings. The lowest BCUT2D eigenvalue weighted by Crippen LogP contribution is -2.41. The first kappa shape index (κ1) is 16.6. The minimum atomic E-state index is -0.328. The number of aliphatic hydroxyl groups excluding tert-OH is 1. The van der Waals surface area contributed by atoms with Gasteiger partial charge in [-0.25, -0.2) is 0 Å². The van der Waals surface area contributed by atoms with Crippen LogP contribution in [0.1, 0.15) is 23.0 Å². The van der Waals surface area contributed by atoms with Crippen LogP contribution in [-0.2, 0) is 0 Å². The van der Waals surface area contributed by atoms with Gasteiger partial charge in [0.15, 0.2) is 0 Å². The second kappa shape index (κ2) is 7.47. The lowest BCUT2D eigenvalue weighted by molar-refractivity contribution is 0.0898. The second-order valence-electron chi connectivity index (χ2n) is 5.16. The third kappa shape index (κ3) is 3.90. The maximum atomic E-state index is 12.2. The smallest absolute Gasteiger partial charge is 0.290 e. The molecule has 6 heteroatoms. The van der Waals surface area contributed by atoms with Gasteiger partial charge in [0.25, 0.3) is 5.91 Å². The number of rotatable bonds is 6. The highest BCUT2D eigenvalue weighted by Crippen LogP contribution is 2.20. The molecule has 5 nitrogen and oxygen atoms in total. The normalized spacial score (nSPS) is 13.6. The van der Waals surface area contributed by atoms with E-state index in [0.717, 1.165) is 11.1 Å². The minimum absolute atomic E-state index is 0.00757. The predicted molar refractivity (Wildman–Crippen MR) is 88.0 cm³/mol. The molecule has 0 bridgehead atoms. The summed E-state index contributed by atoms with van der Waals surface area (Å²) in [6, 6.07) is 9.30. The molecule has 0 saturated carbocycles. The Balaban J connectivity index is 2.07. The molecule has 1 aromatic heterocycles. The summed E-state index contributed by atoms with van der Waals surface area (Å²) in [4.78, 5) is 12.2. The van der Waals surface area contributed by atoms with Crippen molar-refractivity contribution >= 4 is 17.7 Å². The zero-order chi connectivity index (χ0) is 16.1. The quantitative estimate of drug-likeness (QED) is 0.855. The van der Waals surface area contributed by atoms with E-state index in [1.807, 2.05) is 44.4 Å². The van der Waals surface area contributed by atoms with E-state index < -0.39 is 0 Å². The van der Waals surface area contributed by atoms with E-state index in [0.29, 0.717) is 5.69 Å². The Morgan fingerprint density at radius 3 is 2.68 bits per heavy atom. The van der Waals surface area contributed by atoms with E-state index in [4.69, 9.17) is 4.52 Å². The van der Waals surface area contributed by atoms with Gasteiger partial charge in [0.2, 0.25) is 5.76 Å². The maximum absolute atomic E-state index is 12.2. The standard InChI is InChI=1S/C16H20N2O3S/c1-10-4-6-12(7-5-10)13-8-14(21-18-13)16(20)17-11(2)15(9-19)22-3/h4-8,11,15,19H,9H2,1-3H3,(H,17,20). The zero-order valence-electron chi connectivity index (χ0n) is 12.9. The van der Waals surface area contributed by atoms with Crippen molar-refractivity contribution in [3.63, 3.8) is 0 Å². The van der Waals surface area contributed by atoms with Crippen LogP contribution in [0.2, 0.25) is 0 Å². The number of nitrogens with one attached hydrogen (secondary N) is 1. The minimum Gasteiger partial charge on any atom is -0.395 e. The molecule has 1 amide bonds. The van der Waals surface area contributed by atoms with Crippen LogP contribution in [0.25, 0.3) is 11.3 Å². The summed E-state index contributed by atoms with van der Waals surface area (Å²) in [5.74, 6) is -0.161. The van der Waals surface area contributed by atoms with Crippen molar-refractivity contribution in [1.29, 1.82) is 0 Å². The Morgan fingerprint density at radius 1 is 1.41 bits per heavy atom. The van der Waals surface area contributed by atoms with Crippen LogP contribution in [0, 0.1) is 6.92 Å². The summed E-state index contributed by atoms with van der Waals surface area (Å²) in [6.45, 7) is 3.87. The van der Waals surface area contributed by atoms with E-state index in [-0.39, 0.29) is 29.6 Å². The van der Waals surface area contributed by atoms with Crippen molar-refractivity contribution < 1.29 is 14.4 Å². The number of nitrogens with zero attached hydrogens (tertiary/aromatic N) is 1. The van der Waals surface area contributed by atoms with Gasteiger partial charge in [0.1, 0.15) is 5.69 Å². The average molecular weight is 320 g/mol. The summed E-state index contributed by atoms with van der Waals surface area (Å²) in [6.07, 6.45) is 1.90. The number of aryl methyl sites for hydroxylation is 1. The fraction of sp³-hybridized carbons (Fsp3) is 0.375. The number of aromatic nitrogens is 1. The molecule has 2 aromatic rings. The number of thioether (sulfide) groups is 1. The monoisotopic (exact) mass is 320 g/mol. The molecule has 22 heavy (non-hydrogen) atoms. The van der Waals surface area contributed by atoms with E-state index in [9.17, 15) is 9.90 Å². The van der Waals surface area contributed by atoms with Crippen LogP contribution < -0.4 is 5.32 Å². The first-order valence-corrected chi connectivity index (χ1v) is 8.32. The van der Waals surface area contributed by atoms with Crippen LogP contribution in [0.4, 0.5) is 0 Å². The van der Waals surface area contributed by atoms with Crippen LogP contribution in [0.5, 0.6) is 0 Å². The maximum Gasteiger partial charge on any atom is 0.290 e. The van der Waals surface area contributed by atoms with Gasteiger partial charge in [-0.05, 0) is 20.1 Å². The molecule has 0 spiro atoms. The molecule has 2 rings (SSSR count). The van der Waals surface area contributed by atoms with Crippen molar-refractivity contribution in [2.24, 2.45) is 0 Å². The Kier molecular flexibility index (Phi) is 5.63. The summed E-state index contributed by atoms with van der Waals surface area (Å²) < 4.78 is 5.13. The number of hydrogen-bond donors (Lipinski definition) is 2. The van der Waals surface area contributed by atoms with Crippen molar-refractivity contribution in [2.45, 2.75) is 25.1 Å². The number of hydrogen-bond acceptors (Lipinski definition) is 5. The Hall–Kier alpha value is -1.79. The van der Waals surface area contributed by atoms with Gasteiger partial charge in [0.05, 0.1) is 6.61 Å². The molecule has 0 aliphatic heterocycles. The predicted octanol–water partition coefficient (Wildman–Crippen LogP) is 2.49. The molecule has 0 aliphatic carbocycles. The highest BCUT2D eigenvalue weighted by Gasteiger charge is 2.21. The van der Waals surface area contributed by atoms with Crippen molar-refractivity contribution in [1.82, 2.24) is 10.5 Å². The molecule has 118 valence electrons. The van der Waals surface area contributed by atoms with Crippen LogP contribution >= 0.6 is 11.8 Å². The van der Waals surface area contributed by atoms with Gasteiger partial charge in [-0.15, -0.1) is 0 Å². The molecular formula is C16H20N2O3S. The third-order valence-electron chi connectivity index (χ3n) is 3.48. The van der Waals surface area contributed by atoms with Crippen molar-refractivity contribution in [3.05, 3.63) is 41.7 Å². The van der Waals surface area contributed by atoms with E-state index >= 15 is 0 Å². The molecule has 2 unspecified atom stereocenters. The molecule has 0 aliphatic rings. The summed E-state index contributed by atoms with van der Waals surface area (Å²) in [7, 11) is 0. The highest BCUT2D eigenvalue weighted by atomic mass is 32.2. The molecule has 0 radical (unpaired) electrons. The number of aliphatic hydroxyl groups is 1. The number of benzene rings is 1. The van der Waals surface area contributed by atoms with Crippen LogP contribution in [0.15, 0.2) is 34.9 Å². The van der Waals surface area contributed by atoms with E-state index in [1.54, 1.807) is 6.07 Å². The SMILES string of the molecule is CSC(CO)C(C)NC(=O)c1cc(-c2ccc(C)cc2)no1. The average Bonchev–Trinajstić information content (AvgIpc) is 2.99. The Labute approximate surface area is 134 Å². The van der Waals surface area contributed by atoms with Crippen LogP contribution in [0.3, 0.4) is 0 Å². The summed E-state index contributed by atoms with van der Waals surface area (Å²) in [5, 5.41) is 16.0. The van der Waals surface area contributed by atoms with Gasteiger partial charge >= 0.3 is 0 Å². The lowest BCUT2D eigenvalue weighted by atomic mass is 10.1. The van der Waals surface area contributed by atoms with Crippen molar-refractivity contribution in [2.75, 3.05) is 12.9 Å². The molecule has 1 aromatic carbocycles. The molecule has 2 atom stereocenters. The van der Waals surface area contributed by atoms with Crippen molar-refractivity contribution in [3.8, 4) is 11.3 Å². The van der Waals surface area contributed by atoms with Gasteiger partial charge in [-0.1, -0.05) is 35.0 Å². The van der Waals surface area contributed by atoms with Gasteiger partial charge in [0, 0.05) is 22.9 Å². The van der Waals surface area contributed by atoms with E-state index in [2.05, 4.69) is 10.5 Å². The summed E-state index contributed by atoms with van der Waals surface area (Å²) in [5.41, 5.74) is 2.69. The second-order valence-corrected chi connectivity index (χ2v) is 6.24. The molecule has 1 heterocycles. The summed E-state index contributed by atoms with van der Waals surface area (Å²) >= 11 is 1.51. The number of carbonyl (C=O) groups is 1. The first-order valence-electron chi connectivity index (χ1n) is 7.03. The fourth-order valence-corrected chi connectivity index (χ4v) is 2.68. The largest absolute Gasteiger partial charge is 0.395 e. The Bertz CT molecular complexity index is 621. The fourth-order valence-electron chi connectivity index (χ4n) is 2.05. The number of amides is 1. The van der Waals surface area contributed by atoms with Gasteiger partial charge in [-0.2, -0.15) is 11.8 Å². The van der Waals surface area contributed by atoms with Crippen LogP contribution in [-0.4, -0.2) is 40.3 Å². The Morgan fingerprint density at radius 2 is 2.09 bits per heavy atom. The third-order valence-corrected chi connectivity index (χ3v) is 4.64.